The molecule has 0 aliphatic heterocycles. The Morgan fingerprint density at radius 1 is 1.16 bits per heavy atom. The van der Waals surface area contributed by atoms with Crippen LogP contribution in [0.25, 0.3) is 0 Å². The van der Waals surface area contributed by atoms with Crippen molar-refractivity contribution in [3.8, 4) is 11.5 Å². The van der Waals surface area contributed by atoms with Gasteiger partial charge in [0.15, 0.2) is 0 Å². The Hall–Kier alpha value is -1.22. The first kappa shape index (κ1) is 15.8. The van der Waals surface area contributed by atoms with Gasteiger partial charge >= 0.3 is 0 Å². The quantitative estimate of drug-likeness (QED) is 0.775. The lowest BCUT2D eigenvalue weighted by molar-refractivity contribution is 0.381. The summed E-state index contributed by atoms with van der Waals surface area (Å²) in [4.78, 5) is 0. The van der Waals surface area contributed by atoms with E-state index in [0.717, 1.165) is 18.0 Å². The maximum atomic E-state index is 5.44. The van der Waals surface area contributed by atoms with Crippen LogP contribution in [0.4, 0.5) is 0 Å². The van der Waals surface area contributed by atoms with Crippen LogP contribution in [-0.4, -0.2) is 20.8 Å². The van der Waals surface area contributed by atoms with Crippen molar-refractivity contribution in [3.05, 3.63) is 23.8 Å². The van der Waals surface area contributed by atoms with Gasteiger partial charge in [0.25, 0.3) is 0 Å². The molecule has 3 heteroatoms. The van der Waals surface area contributed by atoms with Gasteiger partial charge in [-0.05, 0) is 31.9 Å². The predicted octanol–water partition coefficient (Wildman–Crippen LogP) is 3.79. The zero-order chi connectivity index (χ0) is 14.3. The van der Waals surface area contributed by atoms with E-state index in [4.69, 9.17) is 9.47 Å². The third kappa shape index (κ3) is 4.75. The molecule has 0 amide bonds. The van der Waals surface area contributed by atoms with Crippen LogP contribution >= 0.6 is 0 Å². The molecule has 1 aromatic rings. The molecular formula is C16H27NO2. The first-order chi connectivity index (χ1) is 9.12. The van der Waals surface area contributed by atoms with E-state index in [1.165, 1.54) is 18.4 Å². The van der Waals surface area contributed by atoms with Crippen molar-refractivity contribution < 1.29 is 9.47 Å². The van der Waals surface area contributed by atoms with Crippen molar-refractivity contribution >= 4 is 0 Å². The molecule has 0 radical (unpaired) electrons. The number of ether oxygens (including phenoxy) is 2. The summed E-state index contributed by atoms with van der Waals surface area (Å²) in [5.41, 5.74) is 1.17. The standard InChI is InChI=1S/C16H27NO2/c1-6-7-12(2)11-17-13(3)15-9-8-14(18-4)10-16(15)19-5/h8-10,12-13,17H,6-7,11H2,1-5H3. The minimum absolute atomic E-state index is 0.278. The Balaban J connectivity index is 2.68. The van der Waals surface area contributed by atoms with Crippen LogP contribution in [-0.2, 0) is 0 Å². The van der Waals surface area contributed by atoms with Gasteiger partial charge in [0.05, 0.1) is 14.2 Å². The first-order valence-corrected chi connectivity index (χ1v) is 7.07. The summed E-state index contributed by atoms with van der Waals surface area (Å²) in [5, 5.41) is 3.57. The van der Waals surface area contributed by atoms with Crippen molar-refractivity contribution in [1.29, 1.82) is 0 Å². The lowest BCUT2D eigenvalue weighted by Gasteiger charge is -2.20. The maximum absolute atomic E-state index is 5.44. The molecular weight excluding hydrogens is 238 g/mol. The summed E-state index contributed by atoms with van der Waals surface area (Å²) in [6.07, 6.45) is 2.50. The highest BCUT2D eigenvalue weighted by Gasteiger charge is 2.13. The number of methoxy groups -OCH3 is 2. The summed E-state index contributed by atoms with van der Waals surface area (Å²) in [6, 6.07) is 6.26. The van der Waals surface area contributed by atoms with Gasteiger partial charge in [-0.3, -0.25) is 0 Å². The Bertz CT molecular complexity index is 379. The van der Waals surface area contributed by atoms with E-state index in [9.17, 15) is 0 Å². The van der Waals surface area contributed by atoms with Crippen LogP contribution < -0.4 is 14.8 Å². The molecule has 0 fully saturated rings. The Kier molecular flexibility index (Phi) is 6.71. The minimum atomic E-state index is 0.278. The van der Waals surface area contributed by atoms with Gasteiger partial charge < -0.3 is 14.8 Å². The highest BCUT2D eigenvalue weighted by molar-refractivity contribution is 5.42. The minimum Gasteiger partial charge on any atom is -0.497 e. The Morgan fingerprint density at radius 2 is 1.89 bits per heavy atom. The molecule has 0 heterocycles. The zero-order valence-corrected chi connectivity index (χ0v) is 12.8. The molecule has 0 aromatic heterocycles. The van der Waals surface area contributed by atoms with Gasteiger partial charge in [-0.2, -0.15) is 0 Å². The van der Waals surface area contributed by atoms with Gasteiger partial charge in [0, 0.05) is 17.7 Å². The molecule has 2 unspecified atom stereocenters. The summed E-state index contributed by atoms with van der Waals surface area (Å²) < 4.78 is 10.7. The van der Waals surface area contributed by atoms with Crippen LogP contribution in [0.2, 0.25) is 0 Å². The summed E-state index contributed by atoms with van der Waals surface area (Å²) in [7, 11) is 3.37. The average Bonchev–Trinajstić information content (AvgIpc) is 2.44. The molecule has 108 valence electrons. The smallest absolute Gasteiger partial charge is 0.127 e. The molecule has 1 N–H and O–H groups in total. The van der Waals surface area contributed by atoms with E-state index in [0.29, 0.717) is 5.92 Å². The van der Waals surface area contributed by atoms with Crippen molar-refractivity contribution in [2.24, 2.45) is 5.92 Å². The van der Waals surface area contributed by atoms with Crippen LogP contribution in [0.3, 0.4) is 0 Å². The lowest BCUT2D eigenvalue weighted by Crippen LogP contribution is -2.24. The molecule has 1 rings (SSSR count). The summed E-state index contributed by atoms with van der Waals surface area (Å²) in [6.45, 7) is 7.72. The van der Waals surface area contributed by atoms with E-state index >= 15 is 0 Å². The van der Waals surface area contributed by atoms with Crippen LogP contribution in [0.1, 0.15) is 45.2 Å². The maximum Gasteiger partial charge on any atom is 0.127 e. The molecule has 19 heavy (non-hydrogen) atoms. The molecule has 2 atom stereocenters. The molecule has 3 nitrogen and oxygen atoms in total. The normalized spacial score (nSPS) is 13.9. The number of rotatable bonds is 8. The van der Waals surface area contributed by atoms with E-state index < -0.39 is 0 Å². The predicted molar refractivity (Wildman–Crippen MR) is 80.0 cm³/mol. The topological polar surface area (TPSA) is 30.5 Å². The van der Waals surface area contributed by atoms with Gasteiger partial charge in [-0.25, -0.2) is 0 Å². The van der Waals surface area contributed by atoms with Crippen LogP contribution in [0.5, 0.6) is 11.5 Å². The van der Waals surface area contributed by atoms with E-state index in [1.54, 1.807) is 14.2 Å². The van der Waals surface area contributed by atoms with E-state index in [2.05, 4.69) is 32.2 Å². The summed E-state index contributed by atoms with van der Waals surface area (Å²) in [5.74, 6) is 2.41. The van der Waals surface area contributed by atoms with Crippen molar-refractivity contribution in [2.45, 2.75) is 39.7 Å². The second-order valence-corrected chi connectivity index (χ2v) is 5.13. The Labute approximate surface area is 117 Å². The number of benzene rings is 1. The third-order valence-corrected chi connectivity index (χ3v) is 3.46. The van der Waals surface area contributed by atoms with Gasteiger partial charge in [0.1, 0.15) is 11.5 Å². The zero-order valence-electron chi connectivity index (χ0n) is 12.8. The number of nitrogens with one attached hydrogen (secondary N) is 1. The molecule has 0 spiro atoms. The summed E-state index contributed by atoms with van der Waals surface area (Å²) >= 11 is 0. The van der Waals surface area contributed by atoms with Crippen LogP contribution in [0, 0.1) is 5.92 Å². The van der Waals surface area contributed by atoms with Gasteiger partial charge in [0.2, 0.25) is 0 Å². The van der Waals surface area contributed by atoms with Crippen molar-refractivity contribution in [3.63, 3.8) is 0 Å². The molecule has 0 aliphatic rings. The highest BCUT2D eigenvalue weighted by Crippen LogP contribution is 2.29. The highest BCUT2D eigenvalue weighted by atomic mass is 16.5. The SMILES string of the molecule is CCCC(C)CNC(C)c1ccc(OC)cc1OC. The molecule has 0 bridgehead atoms. The number of hydrogen-bond donors (Lipinski definition) is 1. The Morgan fingerprint density at radius 3 is 2.47 bits per heavy atom. The fourth-order valence-electron chi connectivity index (χ4n) is 2.26. The lowest BCUT2D eigenvalue weighted by atomic mass is 10.0. The molecule has 0 saturated carbocycles. The monoisotopic (exact) mass is 265 g/mol. The molecule has 1 aromatic carbocycles. The largest absolute Gasteiger partial charge is 0.497 e. The third-order valence-electron chi connectivity index (χ3n) is 3.46. The van der Waals surface area contributed by atoms with Crippen LogP contribution in [0.15, 0.2) is 18.2 Å². The second kappa shape index (κ2) is 8.05. The van der Waals surface area contributed by atoms with E-state index in [1.807, 2.05) is 12.1 Å². The van der Waals surface area contributed by atoms with Gasteiger partial charge in [-0.1, -0.05) is 26.3 Å². The number of hydrogen-bond acceptors (Lipinski definition) is 3. The fraction of sp³-hybridized carbons (Fsp3) is 0.625. The van der Waals surface area contributed by atoms with E-state index in [-0.39, 0.29) is 6.04 Å². The second-order valence-electron chi connectivity index (χ2n) is 5.13. The first-order valence-electron chi connectivity index (χ1n) is 7.07. The molecule has 0 aliphatic carbocycles. The van der Waals surface area contributed by atoms with Crippen molar-refractivity contribution in [1.82, 2.24) is 5.32 Å². The fourth-order valence-corrected chi connectivity index (χ4v) is 2.26. The molecule has 0 saturated heterocycles. The van der Waals surface area contributed by atoms with Gasteiger partial charge in [-0.15, -0.1) is 0 Å². The average molecular weight is 265 g/mol. The van der Waals surface area contributed by atoms with Crippen molar-refractivity contribution in [2.75, 3.05) is 20.8 Å².